The van der Waals surface area contributed by atoms with Gasteiger partial charge in [-0.3, -0.25) is 0 Å². The summed E-state index contributed by atoms with van der Waals surface area (Å²) in [6.45, 7) is 3.35. The maximum absolute atomic E-state index is 13.0. The normalized spacial score (nSPS) is 10.2. The van der Waals surface area contributed by atoms with Crippen molar-refractivity contribution < 1.29 is 18.7 Å². The van der Waals surface area contributed by atoms with Crippen molar-refractivity contribution >= 4 is 5.97 Å². The summed E-state index contributed by atoms with van der Waals surface area (Å²) in [4.78, 5) is 19.4. The third-order valence-corrected chi connectivity index (χ3v) is 2.72. The summed E-state index contributed by atoms with van der Waals surface area (Å²) in [5, 5.41) is 0. The Kier molecular flexibility index (Phi) is 3.93. The number of aromatic nitrogens is 2. The molecule has 2 heterocycles. The number of halogens is 1. The average Bonchev–Trinajstić information content (AvgIpc) is 2.41. The van der Waals surface area contributed by atoms with Crippen LogP contribution in [0.5, 0.6) is 11.6 Å². The number of carbonyl (C=O) groups is 1. The van der Waals surface area contributed by atoms with Gasteiger partial charge in [0.15, 0.2) is 5.75 Å². The van der Waals surface area contributed by atoms with E-state index in [2.05, 4.69) is 9.97 Å². The Labute approximate surface area is 115 Å². The molecule has 0 amide bonds. The van der Waals surface area contributed by atoms with Crippen molar-refractivity contribution in [3.05, 3.63) is 47.2 Å². The van der Waals surface area contributed by atoms with Gasteiger partial charge in [0.2, 0.25) is 11.8 Å². The standard InChI is InChI=1S/C14H13FN2O3/c1-8-6-7-16-13(12(8)14(18)19-3)20-10-4-5-11(15)17-9(10)2/h4-7H,1-3H3. The van der Waals surface area contributed by atoms with Gasteiger partial charge < -0.3 is 9.47 Å². The molecule has 0 N–H and O–H groups in total. The van der Waals surface area contributed by atoms with Gasteiger partial charge in [-0.15, -0.1) is 0 Å². The van der Waals surface area contributed by atoms with E-state index in [0.717, 1.165) is 0 Å². The van der Waals surface area contributed by atoms with Crippen LogP contribution in [0.15, 0.2) is 24.4 Å². The summed E-state index contributed by atoms with van der Waals surface area (Å²) < 4.78 is 23.2. The third kappa shape index (κ3) is 2.74. The summed E-state index contributed by atoms with van der Waals surface area (Å²) in [5.74, 6) is -0.707. The van der Waals surface area contributed by atoms with E-state index in [1.54, 1.807) is 19.9 Å². The Morgan fingerprint density at radius 3 is 2.65 bits per heavy atom. The molecular weight excluding hydrogens is 263 g/mol. The van der Waals surface area contributed by atoms with Crippen LogP contribution in [0.1, 0.15) is 21.6 Å². The number of esters is 1. The summed E-state index contributed by atoms with van der Waals surface area (Å²) >= 11 is 0. The minimum Gasteiger partial charge on any atom is -0.465 e. The first-order valence-corrected chi connectivity index (χ1v) is 5.88. The van der Waals surface area contributed by atoms with Gasteiger partial charge in [-0.05, 0) is 37.6 Å². The molecule has 0 bridgehead atoms. The Hall–Kier alpha value is -2.50. The van der Waals surface area contributed by atoms with Gasteiger partial charge in [0.05, 0.1) is 12.8 Å². The van der Waals surface area contributed by atoms with Gasteiger partial charge in [0, 0.05) is 6.20 Å². The highest BCUT2D eigenvalue weighted by molar-refractivity contribution is 5.93. The molecule has 2 aromatic rings. The van der Waals surface area contributed by atoms with Gasteiger partial charge in [-0.1, -0.05) is 0 Å². The zero-order chi connectivity index (χ0) is 14.7. The summed E-state index contributed by atoms with van der Waals surface area (Å²) in [7, 11) is 1.28. The van der Waals surface area contributed by atoms with E-state index in [1.807, 2.05) is 0 Å². The van der Waals surface area contributed by atoms with Crippen LogP contribution in [0.2, 0.25) is 0 Å². The number of hydrogen-bond acceptors (Lipinski definition) is 5. The van der Waals surface area contributed by atoms with Crippen molar-refractivity contribution in [1.29, 1.82) is 0 Å². The van der Waals surface area contributed by atoms with Crippen LogP contribution in [0.25, 0.3) is 0 Å². The first-order valence-electron chi connectivity index (χ1n) is 5.88. The van der Waals surface area contributed by atoms with Crippen LogP contribution in [0.3, 0.4) is 0 Å². The number of nitrogens with zero attached hydrogens (tertiary/aromatic N) is 2. The van der Waals surface area contributed by atoms with Crippen LogP contribution in [0.4, 0.5) is 4.39 Å². The number of carbonyl (C=O) groups excluding carboxylic acids is 1. The molecule has 0 radical (unpaired) electrons. The van der Waals surface area contributed by atoms with Crippen molar-refractivity contribution in [2.24, 2.45) is 0 Å². The molecule has 104 valence electrons. The number of hydrogen-bond donors (Lipinski definition) is 0. The number of ether oxygens (including phenoxy) is 2. The van der Waals surface area contributed by atoms with Gasteiger partial charge in [0.1, 0.15) is 5.56 Å². The molecule has 0 spiro atoms. The van der Waals surface area contributed by atoms with E-state index in [0.29, 0.717) is 17.0 Å². The lowest BCUT2D eigenvalue weighted by atomic mass is 10.1. The van der Waals surface area contributed by atoms with Crippen molar-refractivity contribution in [3.8, 4) is 11.6 Å². The smallest absolute Gasteiger partial charge is 0.343 e. The maximum Gasteiger partial charge on any atom is 0.343 e. The molecule has 0 saturated heterocycles. The van der Waals surface area contributed by atoms with E-state index in [-0.39, 0.29) is 11.4 Å². The van der Waals surface area contributed by atoms with E-state index in [4.69, 9.17) is 9.47 Å². The second-order valence-corrected chi connectivity index (χ2v) is 4.12. The molecule has 0 saturated carbocycles. The average molecular weight is 276 g/mol. The van der Waals surface area contributed by atoms with Crippen molar-refractivity contribution in [1.82, 2.24) is 9.97 Å². The number of aryl methyl sites for hydroxylation is 2. The Morgan fingerprint density at radius 1 is 1.25 bits per heavy atom. The summed E-state index contributed by atoms with van der Waals surface area (Å²) in [5.41, 5.74) is 1.28. The number of rotatable bonds is 3. The number of pyridine rings is 2. The molecule has 0 aliphatic carbocycles. The van der Waals surface area contributed by atoms with Crippen molar-refractivity contribution in [3.63, 3.8) is 0 Å². The molecular formula is C14H13FN2O3. The van der Waals surface area contributed by atoms with Gasteiger partial charge >= 0.3 is 5.97 Å². The minimum atomic E-state index is -0.597. The molecule has 2 rings (SSSR count). The van der Waals surface area contributed by atoms with Crippen LogP contribution in [0, 0.1) is 19.8 Å². The quantitative estimate of drug-likeness (QED) is 0.637. The van der Waals surface area contributed by atoms with Crippen LogP contribution in [-0.4, -0.2) is 23.0 Å². The van der Waals surface area contributed by atoms with Gasteiger partial charge in [0.25, 0.3) is 0 Å². The summed E-state index contributed by atoms with van der Waals surface area (Å²) in [6.07, 6.45) is 1.52. The Bertz CT molecular complexity index is 659. The molecule has 0 atom stereocenters. The molecule has 0 aliphatic rings. The highest BCUT2D eigenvalue weighted by atomic mass is 19.1. The van der Waals surface area contributed by atoms with Gasteiger partial charge in [-0.2, -0.15) is 4.39 Å². The largest absolute Gasteiger partial charge is 0.465 e. The second kappa shape index (κ2) is 5.64. The van der Waals surface area contributed by atoms with Crippen LogP contribution in [-0.2, 0) is 4.74 Å². The molecule has 2 aromatic heterocycles. The lowest BCUT2D eigenvalue weighted by Gasteiger charge is -2.11. The first-order chi connectivity index (χ1) is 9.52. The molecule has 0 fully saturated rings. The molecule has 0 aliphatic heterocycles. The lowest BCUT2D eigenvalue weighted by molar-refractivity contribution is 0.0596. The third-order valence-electron chi connectivity index (χ3n) is 2.72. The highest BCUT2D eigenvalue weighted by Crippen LogP contribution is 2.27. The molecule has 5 nitrogen and oxygen atoms in total. The lowest BCUT2D eigenvalue weighted by Crippen LogP contribution is -2.08. The first kappa shape index (κ1) is 13.9. The molecule has 6 heteroatoms. The second-order valence-electron chi connectivity index (χ2n) is 4.12. The Morgan fingerprint density at radius 2 is 2.00 bits per heavy atom. The molecule has 20 heavy (non-hydrogen) atoms. The van der Waals surface area contributed by atoms with Gasteiger partial charge in [-0.25, -0.2) is 14.8 Å². The fraction of sp³-hybridized carbons (Fsp3) is 0.214. The predicted octanol–water partition coefficient (Wildman–Crippen LogP) is 2.81. The molecule has 0 unspecified atom stereocenters. The predicted molar refractivity (Wildman–Crippen MR) is 69.3 cm³/mol. The fourth-order valence-corrected chi connectivity index (χ4v) is 1.69. The monoisotopic (exact) mass is 276 g/mol. The van der Waals surface area contributed by atoms with Crippen LogP contribution >= 0.6 is 0 Å². The van der Waals surface area contributed by atoms with Crippen molar-refractivity contribution in [2.45, 2.75) is 13.8 Å². The topological polar surface area (TPSA) is 61.3 Å². The SMILES string of the molecule is COC(=O)c1c(C)ccnc1Oc1ccc(F)nc1C. The van der Waals surface area contributed by atoms with E-state index in [1.165, 1.54) is 25.4 Å². The van der Waals surface area contributed by atoms with E-state index in [9.17, 15) is 9.18 Å². The zero-order valence-corrected chi connectivity index (χ0v) is 11.3. The maximum atomic E-state index is 13.0. The highest BCUT2D eigenvalue weighted by Gasteiger charge is 2.18. The van der Waals surface area contributed by atoms with Crippen LogP contribution < -0.4 is 4.74 Å². The minimum absolute atomic E-state index is 0.105. The number of methoxy groups -OCH3 is 1. The fourth-order valence-electron chi connectivity index (χ4n) is 1.69. The van der Waals surface area contributed by atoms with Crippen molar-refractivity contribution in [2.75, 3.05) is 7.11 Å². The van der Waals surface area contributed by atoms with E-state index < -0.39 is 11.9 Å². The van der Waals surface area contributed by atoms with E-state index >= 15 is 0 Å². The molecule has 0 aromatic carbocycles. The Balaban J connectivity index is 2.43. The summed E-state index contributed by atoms with van der Waals surface area (Å²) in [6, 6.07) is 4.29. The zero-order valence-electron chi connectivity index (χ0n) is 11.3.